The number of nitrogens with zero attached hydrogens (tertiary/aromatic N) is 1. The van der Waals surface area contributed by atoms with Gasteiger partial charge in [-0.3, -0.25) is 9.78 Å². The number of hydrogen-bond acceptors (Lipinski definition) is 3. The van der Waals surface area contributed by atoms with Crippen molar-refractivity contribution in [1.29, 1.82) is 0 Å². The Labute approximate surface area is 120 Å². The Morgan fingerprint density at radius 2 is 2.16 bits per heavy atom. The van der Waals surface area contributed by atoms with E-state index in [1.54, 1.807) is 18.3 Å². The molecule has 98 valence electrons. The number of halogens is 1. The van der Waals surface area contributed by atoms with Crippen molar-refractivity contribution in [1.82, 2.24) is 10.3 Å². The maximum atomic E-state index is 11.8. The van der Waals surface area contributed by atoms with E-state index in [4.69, 9.17) is 5.73 Å². The summed E-state index contributed by atoms with van der Waals surface area (Å²) in [6.45, 7) is 0.507. The lowest BCUT2D eigenvalue weighted by Gasteiger charge is -2.05. The van der Waals surface area contributed by atoms with Crippen LogP contribution < -0.4 is 11.1 Å². The Morgan fingerprint density at radius 1 is 1.32 bits per heavy atom. The molecule has 2 aromatic rings. The van der Waals surface area contributed by atoms with Gasteiger partial charge in [-0.05, 0) is 29.8 Å². The number of nitrogens with one attached hydrogen (secondary N) is 1. The summed E-state index contributed by atoms with van der Waals surface area (Å²) in [5, 5.41) is 2.86. The lowest BCUT2D eigenvalue weighted by Crippen LogP contribution is -2.24. The van der Waals surface area contributed by atoms with Crippen molar-refractivity contribution in [3.8, 4) is 0 Å². The molecule has 0 spiro atoms. The highest BCUT2D eigenvalue weighted by molar-refractivity contribution is 9.10. The van der Waals surface area contributed by atoms with Gasteiger partial charge in [0.05, 0.1) is 18.3 Å². The van der Waals surface area contributed by atoms with Crippen molar-refractivity contribution >= 4 is 27.5 Å². The van der Waals surface area contributed by atoms with Crippen molar-refractivity contribution in [2.45, 2.75) is 13.0 Å². The van der Waals surface area contributed by atoms with Gasteiger partial charge < -0.3 is 11.1 Å². The van der Waals surface area contributed by atoms with Crippen LogP contribution in [-0.2, 0) is 17.8 Å². The van der Waals surface area contributed by atoms with Crippen LogP contribution in [-0.4, -0.2) is 10.9 Å². The van der Waals surface area contributed by atoms with Crippen molar-refractivity contribution in [3.05, 3.63) is 58.3 Å². The smallest absolute Gasteiger partial charge is 0.226 e. The number of aromatic nitrogens is 1. The first-order valence-electron chi connectivity index (χ1n) is 5.85. The molecule has 0 fully saturated rings. The normalized spacial score (nSPS) is 10.2. The Balaban J connectivity index is 1.86. The zero-order chi connectivity index (χ0) is 13.7. The van der Waals surface area contributed by atoms with Crippen molar-refractivity contribution in [3.63, 3.8) is 0 Å². The second-order valence-electron chi connectivity index (χ2n) is 4.17. The van der Waals surface area contributed by atoms with E-state index < -0.39 is 0 Å². The number of pyridine rings is 1. The molecule has 0 saturated heterocycles. The average Bonchev–Trinajstić information content (AvgIpc) is 2.39. The third kappa shape index (κ3) is 4.37. The fourth-order valence-electron chi connectivity index (χ4n) is 1.62. The molecule has 0 bridgehead atoms. The van der Waals surface area contributed by atoms with Crippen LogP contribution in [0.3, 0.4) is 0 Å². The lowest BCUT2D eigenvalue weighted by atomic mass is 10.2. The number of carbonyl (C=O) groups excluding carboxylic acids is 1. The summed E-state index contributed by atoms with van der Waals surface area (Å²) >= 11 is 3.40. The Bertz CT molecular complexity index is 569. The standard InChI is InChI=1S/C14H14BrN3O/c15-11-3-1-2-10(6-11)8-18-14(19)7-13-5-4-12(16)9-17-13/h1-6,9H,7-8,16H2,(H,18,19). The van der Waals surface area contributed by atoms with Crippen LogP contribution in [0.5, 0.6) is 0 Å². The second kappa shape index (κ2) is 6.33. The van der Waals surface area contributed by atoms with Gasteiger partial charge in [-0.15, -0.1) is 0 Å². The molecule has 2 rings (SSSR count). The van der Waals surface area contributed by atoms with E-state index in [1.165, 1.54) is 0 Å². The third-order valence-electron chi connectivity index (χ3n) is 2.57. The molecular formula is C14H14BrN3O. The molecule has 1 aromatic carbocycles. The van der Waals surface area contributed by atoms with E-state index in [2.05, 4.69) is 26.2 Å². The largest absolute Gasteiger partial charge is 0.397 e. The highest BCUT2D eigenvalue weighted by Crippen LogP contribution is 2.11. The monoisotopic (exact) mass is 319 g/mol. The summed E-state index contributed by atoms with van der Waals surface area (Å²) < 4.78 is 0.999. The summed E-state index contributed by atoms with van der Waals surface area (Å²) in [5.41, 5.74) is 7.89. The summed E-state index contributed by atoms with van der Waals surface area (Å²) in [6, 6.07) is 11.3. The van der Waals surface area contributed by atoms with Crippen molar-refractivity contribution in [2.24, 2.45) is 0 Å². The summed E-state index contributed by atoms with van der Waals surface area (Å²) in [7, 11) is 0. The highest BCUT2D eigenvalue weighted by Gasteiger charge is 2.04. The van der Waals surface area contributed by atoms with Gasteiger partial charge in [0.2, 0.25) is 5.91 Å². The van der Waals surface area contributed by atoms with Crippen LogP contribution in [0.15, 0.2) is 47.1 Å². The number of rotatable bonds is 4. The van der Waals surface area contributed by atoms with Crippen molar-refractivity contribution in [2.75, 3.05) is 5.73 Å². The first-order chi connectivity index (χ1) is 9.13. The zero-order valence-electron chi connectivity index (χ0n) is 10.3. The number of amides is 1. The molecule has 1 amide bonds. The van der Waals surface area contributed by atoms with E-state index in [9.17, 15) is 4.79 Å². The van der Waals surface area contributed by atoms with Crippen LogP contribution >= 0.6 is 15.9 Å². The highest BCUT2D eigenvalue weighted by atomic mass is 79.9. The third-order valence-corrected chi connectivity index (χ3v) is 3.06. The van der Waals surface area contributed by atoms with E-state index in [-0.39, 0.29) is 12.3 Å². The molecule has 0 aliphatic carbocycles. The Morgan fingerprint density at radius 3 is 2.84 bits per heavy atom. The van der Waals surface area contributed by atoms with Crippen molar-refractivity contribution < 1.29 is 4.79 Å². The Hall–Kier alpha value is -1.88. The first kappa shape index (κ1) is 13.5. The molecule has 1 heterocycles. The van der Waals surface area contributed by atoms with Gasteiger partial charge in [-0.1, -0.05) is 28.1 Å². The van der Waals surface area contributed by atoms with E-state index in [0.29, 0.717) is 17.9 Å². The summed E-state index contributed by atoms with van der Waals surface area (Å²) in [5.74, 6) is -0.0581. The minimum Gasteiger partial charge on any atom is -0.397 e. The Kier molecular flexibility index (Phi) is 4.52. The van der Waals surface area contributed by atoms with Crippen LogP contribution in [0.1, 0.15) is 11.3 Å². The molecule has 4 nitrogen and oxygen atoms in total. The van der Waals surface area contributed by atoms with Gasteiger partial charge in [0.15, 0.2) is 0 Å². The van der Waals surface area contributed by atoms with Gasteiger partial charge in [-0.2, -0.15) is 0 Å². The van der Waals surface area contributed by atoms with E-state index in [0.717, 1.165) is 10.0 Å². The molecular weight excluding hydrogens is 306 g/mol. The number of benzene rings is 1. The number of nitrogen functional groups attached to an aromatic ring is 1. The van der Waals surface area contributed by atoms with Gasteiger partial charge in [0.1, 0.15) is 0 Å². The van der Waals surface area contributed by atoms with Gasteiger partial charge >= 0.3 is 0 Å². The van der Waals surface area contributed by atoms with E-state index >= 15 is 0 Å². The fourth-order valence-corrected chi connectivity index (χ4v) is 2.06. The first-order valence-corrected chi connectivity index (χ1v) is 6.64. The average molecular weight is 320 g/mol. The number of hydrogen-bond donors (Lipinski definition) is 2. The minimum atomic E-state index is -0.0581. The minimum absolute atomic E-state index is 0.0581. The SMILES string of the molecule is Nc1ccc(CC(=O)NCc2cccc(Br)c2)nc1. The van der Waals surface area contributed by atoms with Gasteiger partial charge in [-0.25, -0.2) is 0 Å². The topological polar surface area (TPSA) is 68.0 Å². The summed E-state index contributed by atoms with van der Waals surface area (Å²) in [4.78, 5) is 15.9. The number of nitrogens with two attached hydrogens (primary N) is 1. The zero-order valence-corrected chi connectivity index (χ0v) is 11.9. The van der Waals surface area contributed by atoms with Crippen LogP contribution in [0.4, 0.5) is 5.69 Å². The maximum Gasteiger partial charge on any atom is 0.226 e. The molecule has 5 heteroatoms. The predicted octanol–water partition coefficient (Wildman–Crippen LogP) is 2.29. The quantitative estimate of drug-likeness (QED) is 0.908. The van der Waals surface area contributed by atoms with Crippen LogP contribution in [0.2, 0.25) is 0 Å². The molecule has 0 aliphatic rings. The molecule has 1 aromatic heterocycles. The molecule has 0 atom stereocenters. The molecule has 0 saturated carbocycles. The molecule has 0 radical (unpaired) electrons. The lowest BCUT2D eigenvalue weighted by molar-refractivity contribution is -0.120. The molecule has 3 N–H and O–H groups in total. The maximum absolute atomic E-state index is 11.8. The summed E-state index contributed by atoms with van der Waals surface area (Å²) in [6.07, 6.45) is 1.81. The fraction of sp³-hybridized carbons (Fsp3) is 0.143. The van der Waals surface area contributed by atoms with E-state index in [1.807, 2.05) is 24.3 Å². The van der Waals surface area contributed by atoms with Gasteiger partial charge in [0, 0.05) is 16.7 Å². The van der Waals surface area contributed by atoms with Crippen LogP contribution in [0, 0.1) is 0 Å². The number of anilines is 1. The van der Waals surface area contributed by atoms with Crippen LogP contribution in [0.25, 0.3) is 0 Å². The predicted molar refractivity (Wildman–Crippen MR) is 78.3 cm³/mol. The molecule has 0 aliphatic heterocycles. The number of carbonyl (C=O) groups is 1. The second-order valence-corrected chi connectivity index (χ2v) is 5.08. The van der Waals surface area contributed by atoms with Gasteiger partial charge in [0.25, 0.3) is 0 Å². The molecule has 19 heavy (non-hydrogen) atoms. The molecule has 0 unspecified atom stereocenters.